The molecular weight excluding hydrogens is 546 g/mol. The maximum atomic E-state index is 13.6. The van der Waals surface area contributed by atoms with E-state index in [1.165, 1.54) is 44.9 Å². The summed E-state index contributed by atoms with van der Waals surface area (Å²) < 4.78 is 11.8. The normalized spacial score (nSPS) is 26.8. The fourth-order valence-electron chi connectivity index (χ4n) is 7.43. The number of unbranched alkanes of at least 4 members (excludes halogenated alkanes) is 7. The van der Waals surface area contributed by atoms with Gasteiger partial charge in [-0.1, -0.05) is 97.8 Å². The van der Waals surface area contributed by atoms with Gasteiger partial charge in [0.25, 0.3) is 0 Å². The molecule has 3 rings (SSSR count). The third-order valence-electron chi connectivity index (χ3n) is 9.96. The maximum Gasteiger partial charge on any atom is 0.315 e. The Balaban J connectivity index is 1.60. The zero-order chi connectivity index (χ0) is 31.5. The molecule has 0 bridgehead atoms. The maximum absolute atomic E-state index is 13.6. The van der Waals surface area contributed by atoms with E-state index in [-0.39, 0.29) is 35.9 Å². The molecule has 2 saturated carbocycles. The summed E-state index contributed by atoms with van der Waals surface area (Å²) in [5.74, 6) is -2.38. The highest BCUT2D eigenvalue weighted by Gasteiger charge is 2.47. The number of carboxylic acids is 1. The van der Waals surface area contributed by atoms with Crippen molar-refractivity contribution in [1.82, 2.24) is 16.0 Å². The van der Waals surface area contributed by atoms with Gasteiger partial charge in [0.05, 0.1) is 13.0 Å². The van der Waals surface area contributed by atoms with Crippen molar-refractivity contribution in [2.24, 2.45) is 11.3 Å². The van der Waals surface area contributed by atoms with Gasteiger partial charge in [-0.2, -0.15) is 0 Å². The lowest BCUT2D eigenvalue weighted by Crippen LogP contribution is -2.61. The van der Waals surface area contributed by atoms with Crippen LogP contribution in [0.2, 0.25) is 0 Å². The van der Waals surface area contributed by atoms with Crippen LogP contribution in [0.1, 0.15) is 150 Å². The molecule has 9 nitrogen and oxygen atoms in total. The molecule has 0 aromatic carbocycles. The second-order valence-corrected chi connectivity index (χ2v) is 14.8. The van der Waals surface area contributed by atoms with Crippen LogP contribution >= 0.6 is 0 Å². The lowest BCUT2D eigenvalue weighted by atomic mass is 9.78. The number of ether oxygens (including phenoxy) is 2. The molecule has 43 heavy (non-hydrogen) atoms. The average molecular weight is 608 g/mol. The first kappa shape index (κ1) is 35.6. The van der Waals surface area contributed by atoms with Crippen molar-refractivity contribution in [1.29, 1.82) is 0 Å². The molecule has 0 aromatic rings. The summed E-state index contributed by atoms with van der Waals surface area (Å²) in [5.41, 5.74) is -0.716. The predicted molar refractivity (Wildman–Crippen MR) is 169 cm³/mol. The summed E-state index contributed by atoms with van der Waals surface area (Å²) in [5, 5.41) is 19.5. The highest BCUT2D eigenvalue weighted by Crippen LogP contribution is 2.37. The van der Waals surface area contributed by atoms with Gasteiger partial charge in [0.15, 0.2) is 5.79 Å². The largest absolute Gasteiger partial charge is 0.481 e. The van der Waals surface area contributed by atoms with Crippen LogP contribution in [-0.2, 0) is 19.1 Å². The van der Waals surface area contributed by atoms with Crippen LogP contribution in [0.15, 0.2) is 0 Å². The summed E-state index contributed by atoms with van der Waals surface area (Å²) in [6, 6.07) is -0.979. The van der Waals surface area contributed by atoms with Crippen molar-refractivity contribution in [3.05, 3.63) is 0 Å². The van der Waals surface area contributed by atoms with Crippen LogP contribution < -0.4 is 16.0 Å². The number of amides is 3. The van der Waals surface area contributed by atoms with Gasteiger partial charge >= 0.3 is 12.0 Å². The Kier molecular flexibility index (Phi) is 13.6. The smallest absolute Gasteiger partial charge is 0.315 e. The number of hydrogen-bond acceptors (Lipinski definition) is 5. The summed E-state index contributed by atoms with van der Waals surface area (Å²) in [6.07, 6.45) is 17.9. The van der Waals surface area contributed by atoms with Crippen LogP contribution in [0.4, 0.5) is 4.79 Å². The van der Waals surface area contributed by atoms with Gasteiger partial charge in [0.2, 0.25) is 5.91 Å². The highest BCUT2D eigenvalue weighted by molar-refractivity contribution is 5.83. The second kappa shape index (κ2) is 16.4. The average Bonchev–Trinajstić information content (AvgIpc) is 3.39. The van der Waals surface area contributed by atoms with Crippen molar-refractivity contribution in [2.75, 3.05) is 6.61 Å². The Morgan fingerprint density at radius 1 is 0.884 bits per heavy atom. The lowest BCUT2D eigenvalue weighted by Gasteiger charge is -2.45. The fraction of sp³-hybridized carbons (Fsp3) is 0.912. The summed E-state index contributed by atoms with van der Waals surface area (Å²) in [6.45, 7) is 10.00. The number of aliphatic carboxylic acids is 1. The number of rotatable bonds is 16. The van der Waals surface area contributed by atoms with Crippen LogP contribution in [0.25, 0.3) is 0 Å². The Bertz CT molecular complexity index is 901. The van der Waals surface area contributed by atoms with Crippen molar-refractivity contribution in [2.45, 2.75) is 180 Å². The molecule has 9 heteroatoms. The predicted octanol–water partition coefficient (Wildman–Crippen LogP) is 6.83. The first-order chi connectivity index (χ1) is 20.4. The van der Waals surface area contributed by atoms with Crippen molar-refractivity contribution in [3.63, 3.8) is 0 Å². The number of carbonyl (C=O) groups is 3. The van der Waals surface area contributed by atoms with Gasteiger partial charge in [0, 0.05) is 29.0 Å². The number of nitrogens with one attached hydrogen (secondary N) is 3. The van der Waals surface area contributed by atoms with Crippen molar-refractivity contribution >= 4 is 17.9 Å². The van der Waals surface area contributed by atoms with Crippen molar-refractivity contribution < 1.29 is 29.0 Å². The van der Waals surface area contributed by atoms with Crippen molar-refractivity contribution in [3.8, 4) is 0 Å². The Morgan fingerprint density at radius 3 is 2.16 bits per heavy atom. The Labute approximate surface area is 260 Å². The van der Waals surface area contributed by atoms with E-state index in [1.54, 1.807) is 13.8 Å². The van der Waals surface area contributed by atoms with Crippen LogP contribution in [0, 0.1) is 11.3 Å². The molecule has 1 heterocycles. The standard InChI is InChI=1S/C34H61N3O6/c1-6-7-8-9-10-11-12-15-20-34(21-16-17-22-34)37-31(41)36-26-19-14-13-18-25(26)27(23-28(38)39)35-30(40)29-32(2,3)24-42-33(4,5)43-29/h25-27,29H,6-24H2,1-5H3,(H,35,40)(H,38,39)(H2,36,37,41). The quantitative estimate of drug-likeness (QED) is 0.143. The highest BCUT2D eigenvalue weighted by atomic mass is 16.7. The third kappa shape index (κ3) is 11.2. The SMILES string of the molecule is CCCCCCCCCCC1(NC(=O)NC2CCCCC2C(CC(=O)O)NC(=O)C2OC(C)(C)OCC2(C)C)CCCC1. The van der Waals surface area contributed by atoms with Gasteiger partial charge in [-0.15, -0.1) is 0 Å². The lowest BCUT2D eigenvalue weighted by molar-refractivity contribution is -0.304. The molecule has 0 spiro atoms. The molecule has 1 saturated heterocycles. The summed E-state index contributed by atoms with van der Waals surface area (Å²) in [4.78, 5) is 39.0. The number of urea groups is 1. The summed E-state index contributed by atoms with van der Waals surface area (Å²) >= 11 is 0. The molecule has 3 aliphatic rings. The molecule has 4 atom stereocenters. The number of carbonyl (C=O) groups excluding carboxylic acids is 2. The molecule has 4 unspecified atom stereocenters. The molecular formula is C34H61N3O6. The van der Waals surface area contributed by atoms with E-state index in [4.69, 9.17) is 9.47 Å². The van der Waals surface area contributed by atoms with Crippen LogP contribution in [-0.4, -0.2) is 59.1 Å². The van der Waals surface area contributed by atoms with Crippen LogP contribution in [0.5, 0.6) is 0 Å². The van der Waals surface area contributed by atoms with E-state index in [9.17, 15) is 19.5 Å². The van der Waals surface area contributed by atoms with Gasteiger partial charge in [0.1, 0.15) is 6.10 Å². The summed E-state index contributed by atoms with van der Waals surface area (Å²) in [7, 11) is 0. The monoisotopic (exact) mass is 607 g/mol. The van der Waals surface area contributed by atoms with E-state index in [2.05, 4.69) is 22.9 Å². The minimum absolute atomic E-state index is 0.149. The number of carboxylic acid groups (broad SMARTS) is 1. The van der Waals surface area contributed by atoms with Gasteiger partial charge in [-0.25, -0.2) is 4.79 Å². The van der Waals surface area contributed by atoms with E-state index in [0.717, 1.165) is 64.2 Å². The molecule has 0 aromatic heterocycles. The second-order valence-electron chi connectivity index (χ2n) is 14.8. The van der Waals surface area contributed by atoms with Gasteiger partial charge in [-0.05, 0) is 46.0 Å². The van der Waals surface area contributed by atoms with E-state index >= 15 is 0 Å². The first-order valence-corrected chi connectivity index (χ1v) is 17.3. The third-order valence-corrected chi connectivity index (χ3v) is 9.96. The number of hydrogen-bond donors (Lipinski definition) is 4. The van der Waals surface area contributed by atoms with Crippen LogP contribution in [0.3, 0.4) is 0 Å². The minimum Gasteiger partial charge on any atom is -0.481 e. The van der Waals surface area contributed by atoms with E-state index < -0.39 is 29.3 Å². The van der Waals surface area contributed by atoms with Gasteiger partial charge in [-0.3, -0.25) is 9.59 Å². The molecule has 2 aliphatic carbocycles. The molecule has 248 valence electrons. The van der Waals surface area contributed by atoms with E-state index in [1.807, 2.05) is 13.8 Å². The zero-order valence-electron chi connectivity index (χ0n) is 27.7. The topological polar surface area (TPSA) is 126 Å². The molecule has 1 aliphatic heterocycles. The molecule has 0 radical (unpaired) electrons. The molecule has 4 N–H and O–H groups in total. The van der Waals surface area contributed by atoms with Gasteiger partial charge < -0.3 is 30.5 Å². The fourth-order valence-corrected chi connectivity index (χ4v) is 7.43. The molecule has 3 amide bonds. The Hall–Kier alpha value is -1.87. The zero-order valence-corrected chi connectivity index (χ0v) is 27.7. The minimum atomic E-state index is -0.971. The van der Waals surface area contributed by atoms with E-state index in [0.29, 0.717) is 6.61 Å². The first-order valence-electron chi connectivity index (χ1n) is 17.3. The Morgan fingerprint density at radius 2 is 1.51 bits per heavy atom. The molecule has 3 fully saturated rings.